The van der Waals surface area contributed by atoms with Crippen LogP contribution < -0.4 is 24.2 Å². The Labute approximate surface area is 169 Å². The van der Waals surface area contributed by atoms with Crippen LogP contribution in [0.25, 0.3) is 0 Å². The Kier molecular flexibility index (Phi) is 5.59. The smallest absolute Gasteiger partial charge is 0.262 e. The lowest BCUT2D eigenvalue weighted by Crippen LogP contribution is -2.32. The van der Waals surface area contributed by atoms with E-state index < -0.39 is 10.0 Å². The lowest BCUT2D eigenvalue weighted by atomic mass is 10.3. The lowest BCUT2D eigenvalue weighted by molar-refractivity contribution is -0.118. The molecule has 0 spiro atoms. The van der Waals surface area contributed by atoms with Gasteiger partial charge in [-0.15, -0.1) is 0 Å². The SMILES string of the molecule is O=C(COc1ccc(S(=O)(=O)NC2CCCC2)cc1)Nc1ccc2c(c1)OCO2. The minimum Gasteiger partial charge on any atom is -0.484 e. The molecule has 154 valence electrons. The van der Waals surface area contributed by atoms with Crippen molar-refractivity contribution in [1.82, 2.24) is 4.72 Å². The molecule has 0 aromatic heterocycles. The molecule has 2 aromatic rings. The minimum atomic E-state index is -3.54. The molecule has 1 heterocycles. The largest absolute Gasteiger partial charge is 0.484 e. The second-order valence-electron chi connectivity index (χ2n) is 6.98. The van der Waals surface area contributed by atoms with E-state index in [0.717, 1.165) is 25.7 Å². The summed E-state index contributed by atoms with van der Waals surface area (Å²) in [4.78, 5) is 12.3. The van der Waals surface area contributed by atoms with Gasteiger partial charge in [0, 0.05) is 17.8 Å². The average molecular weight is 418 g/mol. The number of carbonyl (C=O) groups excluding carboxylic acids is 1. The number of rotatable bonds is 7. The summed E-state index contributed by atoms with van der Waals surface area (Å²) in [7, 11) is -3.54. The fourth-order valence-electron chi connectivity index (χ4n) is 3.37. The number of hydrogen-bond acceptors (Lipinski definition) is 6. The summed E-state index contributed by atoms with van der Waals surface area (Å²) in [5.74, 6) is 1.28. The maximum absolute atomic E-state index is 12.4. The van der Waals surface area contributed by atoms with Gasteiger partial charge < -0.3 is 19.5 Å². The number of ether oxygens (including phenoxy) is 3. The predicted molar refractivity (Wildman–Crippen MR) is 106 cm³/mol. The maximum atomic E-state index is 12.4. The Hall–Kier alpha value is -2.78. The molecule has 0 radical (unpaired) electrons. The fraction of sp³-hybridized carbons (Fsp3) is 0.350. The van der Waals surface area contributed by atoms with Gasteiger partial charge in [0.25, 0.3) is 5.91 Å². The third-order valence-electron chi connectivity index (χ3n) is 4.84. The van der Waals surface area contributed by atoms with Crippen molar-refractivity contribution >= 4 is 21.6 Å². The van der Waals surface area contributed by atoms with Crippen LogP contribution in [-0.2, 0) is 14.8 Å². The Morgan fingerprint density at radius 2 is 1.76 bits per heavy atom. The number of nitrogens with one attached hydrogen (secondary N) is 2. The van der Waals surface area contributed by atoms with Crippen LogP contribution in [0.5, 0.6) is 17.2 Å². The van der Waals surface area contributed by atoms with Crippen molar-refractivity contribution in [3.05, 3.63) is 42.5 Å². The van der Waals surface area contributed by atoms with Gasteiger partial charge in [0.2, 0.25) is 16.8 Å². The van der Waals surface area contributed by atoms with Gasteiger partial charge in [0.15, 0.2) is 18.1 Å². The van der Waals surface area contributed by atoms with E-state index in [2.05, 4.69) is 10.0 Å². The highest BCUT2D eigenvalue weighted by molar-refractivity contribution is 7.89. The number of carbonyl (C=O) groups is 1. The van der Waals surface area contributed by atoms with Crippen molar-refractivity contribution in [2.24, 2.45) is 0 Å². The molecule has 8 nitrogen and oxygen atoms in total. The number of hydrogen-bond donors (Lipinski definition) is 2. The van der Waals surface area contributed by atoms with E-state index in [1.165, 1.54) is 24.3 Å². The third-order valence-corrected chi connectivity index (χ3v) is 6.37. The zero-order valence-electron chi connectivity index (χ0n) is 15.7. The normalized spacial score (nSPS) is 16.0. The van der Waals surface area contributed by atoms with Crippen molar-refractivity contribution < 1.29 is 27.4 Å². The molecule has 4 rings (SSSR count). The van der Waals surface area contributed by atoms with Gasteiger partial charge >= 0.3 is 0 Å². The van der Waals surface area contributed by atoms with E-state index in [-0.39, 0.29) is 30.2 Å². The fourth-order valence-corrected chi connectivity index (χ4v) is 4.67. The summed E-state index contributed by atoms with van der Waals surface area (Å²) in [6.07, 6.45) is 3.85. The van der Waals surface area contributed by atoms with Crippen LogP contribution in [0.1, 0.15) is 25.7 Å². The maximum Gasteiger partial charge on any atom is 0.262 e. The molecule has 0 atom stereocenters. The van der Waals surface area contributed by atoms with E-state index in [0.29, 0.717) is 22.9 Å². The first-order valence-corrected chi connectivity index (χ1v) is 10.9. The van der Waals surface area contributed by atoms with E-state index in [1.54, 1.807) is 18.2 Å². The lowest BCUT2D eigenvalue weighted by Gasteiger charge is -2.13. The Morgan fingerprint density at radius 3 is 2.52 bits per heavy atom. The standard InChI is InChI=1S/C20H22N2O6S/c23-20(21-15-5-10-18-19(11-15)28-13-27-18)12-26-16-6-8-17(9-7-16)29(24,25)22-14-3-1-2-4-14/h5-11,14,22H,1-4,12-13H2,(H,21,23). The number of anilines is 1. The van der Waals surface area contributed by atoms with Gasteiger partial charge in [0.1, 0.15) is 5.75 Å². The molecule has 1 aliphatic carbocycles. The average Bonchev–Trinajstić information content (AvgIpc) is 3.38. The minimum absolute atomic E-state index is 0.0100. The zero-order chi connectivity index (χ0) is 20.3. The van der Waals surface area contributed by atoms with Crippen LogP contribution in [0.4, 0.5) is 5.69 Å². The van der Waals surface area contributed by atoms with Crippen molar-refractivity contribution in [2.75, 3.05) is 18.7 Å². The first-order chi connectivity index (χ1) is 14.0. The van der Waals surface area contributed by atoms with Crippen molar-refractivity contribution in [2.45, 2.75) is 36.6 Å². The topological polar surface area (TPSA) is 103 Å². The van der Waals surface area contributed by atoms with Crippen molar-refractivity contribution in [3.63, 3.8) is 0 Å². The number of fused-ring (bicyclic) bond motifs is 1. The summed E-state index contributed by atoms with van der Waals surface area (Å²) in [6, 6.07) is 11.1. The molecular weight excluding hydrogens is 396 g/mol. The molecule has 2 aliphatic rings. The van der Waals surface area contributed by atoms with Gasteiger partial charge in [-0.25, -0.2) is 13.1 Å². The summed E-state index contributed by atoms with van der Waals surface area (Å²) < 4.78 is 43.5. The molecule has 0 unspecified atom stereocenters. The first kappa shape index (κ1) is 19.5. The highest BCUT2D eigenvalue weighted by Gasteiger charge is 2.22. The van der Waals surface area contributed by atoms with Crippen LogP contribution in [0.2, 0.25) is 0 Å². The predicted octanol–water partition coefficient (Wildman–Crippen LogP) is 2.65. The molecule has 0 bridgehead atoms. The molecule has 1 amide bonds. The zero-order valence-corrected chi connectivity index (χ0v) is 16.5. The summed E-state index contributed by atoms with van der Waals surface area (Å²) in [5, 5.41) is 2.71. The van der Waals surface area contributed by atoms with E-state index in [1.807, 2.05) is 0 Å². The monoisotopic (exact) mass is 418 g/mol. The summed E-state index contributed by atoms with van der Waals surface area (Å²) in [6.45, 7) is -0.0431. The highest BCUT2D eigenvalue weighted by atomic mass is 32.2. The molecule has 9 heteroatoms. The van der Waals surface area contributed by atoms with Gasteiger partial charge in [-0.2, -0.15) is 0 Å². The number of sulfonamides is 1. The number of amides is 1. The van der Waals surface area contributed by atoms with Crippen LogP contribution in [0.3, 0.4) is 0 Å². The second kappa shape index (κ2) is 8.30. The second-order valence-corrected chi connectivity index (χ2v) is 8.69. The van der Waals surface area contributed by atoms with Crippen LogP contribution in [0, 0.1) is 0 Å². The molecule has 1 aliphatic heterocycles. The number of benzene rings is 2. The van der Waals surface area contributed by atoms with Crippen molar-refractivity contribution in [3.8, 4) is 17.2 Å². The molecule has 29 heavy (non-hydrogen) atoms. The van der Waals surface area contributed by atoms with Crippen LogP contribution >= 0.6 is 0 Å². The van der Waals surface area contributed by atoms with Gasteiger partial charge in [0.05, 0.1) is 4.90 Å². The summed E-state index contributed by atoms with van der Waals surface area (Å²) in [5.41, 5.74) is 0.572. The first-order valence-electron chi connectivity index (χ1n) is 9.44. The Bertz CT molecular complexity index is 985. The Morgan fingerprint density at radius 1 is 1.03 bits per heavy atom. The molecule has 1 saturated carbocycles. The molecule has 0 saturated heterocycles. The highest BCUT2D eigenvalue weighted by Crippen LogP contribution is 2.34. The van der Waals surface area contributed by atoms with Crippen LogP contribution in [0.15, 0.2) is 47.4 Å². The van der Waals surface area contributed by atoms with Gasteiger partial charge in [-0.05, 0) is 49.2 Å². The Balaban J connectivity index is 1.30. The quantitative estimate of drug-likeness (QED) is 0.717. The van der Waals surface area contributed by atoms with Crippen LogP contribution in [-0.4, -0.2) is 33.8 Å². The molecule has 2 aromatic carbocycles. The van der Waals surface area contributed by atoms with Gasteiger partial charge in [-0.3, -0.25) is 4.79 Å². The van der Waals surface area contributed by atoms with E-state index >= 15 is 0 Å². The summed E-state index contributed by atoms with van der Waals surface area (Å²) >= 11 is 0. The third kappa shape index (κ3) is 4.80. The molecular formula is C20H22N2O6S. The molecule has 1 fully saturated rings. The van der Waals surface area contributed by atoms with E-state index in [4.69, 9.17) is 14.2 Å². The van der Waals surface area contributed by atoms with E-state index in [9.17, 15) is 13.2 Å². The van der Waals surface area contributed by atoms with Gasteiger partial charge in [-0.1, -0.05) is 12.8 Å². The molecule has 2 N–H and O–H groups in total. The van der Waals surface area contributed by atoms with Crippen molar-refractivity contribution in [1.29, 1.82) is 0 Å².